The summed E-state index contributed by atoms with van der Waals surface area (Å²) < 4.78 is 2.04. The summed E-state index contributed by atoms with van der Waals surface area (Å²) in [5, 5.41) is 3.33. The quantitative estimate of drug-likeness (QED) is 0.496. The Kier molecular flexibility index (Phi) is 5.54. The number of benzene rings is 1. The van der Waals surface area contributed by atoms with E-state index in [1.807, 2.05) is 72.8 Å². The van der Waals surface area contributed by atoms with Gasteiger partial charge in [0.15, 0.2) is 0 Å². The van der Waals surface area contributed by atoms with E-state index in [1.165, 1.54) is 0 Å². The second-order valence-corrected chi connectivity index (χ2v) is 8.73. The lowest BCUT2D eigenvalue weighted by atomic mass is 9.92. The van der Waals surface area contributed by atoms with Crippen molar-refractivity contribution in [2.24, 2.45) is 7.05 Å². The van der Waals surface area contributed by atoms with Crippen molar-refractivity contribution in [1.29, 1.82) is 0 Å². The lowest BCUT2D eigenvalue weighted by molar-refractivity contribution is 0.0712. The molecule has 0 bridgehead atoms. The summed E-state index contributed by atoms with van der Waals surface area (Å²) in [6.45, 7) is 5.45. The minimum Gasteiger partial charge on any atom is -0.339 e. The predicted octanol–water partition coefficient (Wildman–Crippen LogP) is 4.74. The Bertz CT molecular complexity index is 1320. The van der Waals surface area contributed by atoms with Crippen LogP contribution in [0.15, 0.2) is 54.7 Å². The molecule has 1 aromatic carbocycles. The van der Waals surface area contributed by atoms with Crippen molar-refractivity contribution in [3.8, 4) is 0 Å². The van der Waals surface area contributed by atoms with E-state index in [0.717, 1.165) is 65.7 Å². The van der Waals surface area contributed by atoms with Crippen molar-refractivity contribution in [1.82, 2.24) is 24.4 Å². The first-order valence-corrected chi connectivity index (χ1v) is 11.4. The highest BCUT2D eigenvalue weighted by Gasteiger charge is 2.26. The predicted molar refractivity (Wildman–Crippen MR) is 130 cm³/mol. The molecule has 0 unspecified atom stereocenters. The molecule has 7 heteroatoms. The zero-order valence-electron chi connectivity index (χ0n) is 19.2. The number of nitrogens with one attached hydrogen (secondary N) is 1. The number of hydrogen-bond donors (Lipinski definition) is 1. The summed E-state index contributed by atoms with van der Waals surface area (Å²) >= 11 is 0. The summed E-state index contributed by atoms with van der Waals surface area (Å²) in [6.07, 6.45) is 3.57. The Hall–Kier alpha value is -3.74. The number of imidazole rings is 1. The third-order valence-corrected chi connectivity index (χ3v) is 6.58. The van der Waals surface area contributed by atoms with Crippen molar-refractivity contribution in [2.45, 2.75) is 32.6 Å². The smallest absolute Gasteiger partial charge is 0.253 e. The first-order chi connectivity index (χ1) is 16.0. The van der Waals surface area contributed by atoms with Crippen LogP contribution >= 0.6 is 0 Å². The molecule has 7 nitrogen and oxygen atoms in total. The number of nitrogens with zero attached hydrogens (tertiary/aromatic N) is 5. The van der Waals surface area contributed by atoms with Crippen LogP contribution in [0.3, 0.4) is 0 Å². The van der Waals surface area contributed by atoms with Crippen molar-refractivity contribution < 1.29 is 4.79 Å². The van der Waals surface area contributed by atoms with Crippen molar-refractivity contribution in [3.05, 3.63) is 77.4 Å². The lowest BCUT2D eigenvalue weighted by Gasteiger charge is -2.32. The Morgan fingerprint density at radius 3 is 2.64 bits per heavy atom. The van der Waals surface area contributed by atoms with Gasteiger partial charge in [-0.1, -0.05) is 12.1 Å². The van der Waals surface area contributed by atoms with Gasteiger partial charge in [0.05, 0.1) is 11.0 Å². The van der Waals surface area contributed by atoms with Crippen LogP contribution in [0.1, 0.15) is 46.2 Å². The third-order valence-electron chi connectivity index (χ3n) is 6.58. The second kappa shape index (κ2) is 8.65. The van der Waals surface area contributed by atoms with Crippen LogP contribution in [0.5, 0.6) is 0 Å². The van der Waals surface area contributed by atoms with Gasteiger partial charge in [-0.25, -0.2) is 15.0 Å². The van der Waals surface area contributed by atoms with Crippen molar-refractivity contribution >= 4 is 28.6 Å². The summed E-state index contributed by atoms with van der Waals surface area (Å²) in [5.41, 5.74) is 4.76. The van der Waals surface area contributed by atoms with Crippen LogP contribution in [-0.2, 0) is 7.05 Å². The van der Waals surface area contributed by atoms with Crippen LogP contribution in [0.2, 0.25) is 0 Å². The molecule has 1 amide bonds. The normalized spacial score (nSPS) is 14.6. The van der Waals surface area contributed by atoms with E-state index in [9.17, 15) is 4.79 Å². The zero-order chi connectivity index (χ0) is 22.9. The molecule has 5 rings (SSSR count). The van der Waals surface area contributed by atoms with Gasteiger partial charge in [-0.05, 0) is 68.7 Å². The minimum atomic E-state index is 0.0765. The van der Waals surface area contributed by atoms with Crippen molar-refractivity contribution in [3.63, 3.8) is 0 Å². The molecular weight excluding hydrogens is 412 g/mol. The Labute approximate surface area is 193 Å². The summed E-state index contributed by atoms with van der Waals surface area (Å²) in [7, 11) is 1.99. The van der Waals surface area contributed by atoms with E-state index in [2.05, 4.69) is 21.4 Å². The van der Waals surface area contributed by atoms with Crippen LogP contribution in [0, 0.1) is 13.8 Å². The van der Waals surface area contributed by atoms with E-state index in [1.54, 1.807) is 6.20 Å². The van der Waals surface area contributed by atoms with Gasteiger partial charge in [-0.15, -0.1) is 0 Å². The van der Waals surface area contributed by atoms with E-state index < -0.39 is 0 Å². The molecule has 0 aliphatic carbocycles. The van der Waals surface area contributed by atoms with Gasteiger partial charge in [-0.2, -0.15) is 0 Å². The van der Waals surface area contributed by atoms with Gasteiger partial charge < -0.3 is 14.8 Å². The Balaban J connectivity index is 1.25. The molecule has 0 spiro atoms. The largest absolute Gasteiger partial charge is 0.339 e. The molecule has 0 atom stereocenters. The van der Waals surface area contributed by atoms with Gasteiger partial charge in [0, 0.05) is 43.5 Å². The molecule has 1 N–H and O–H groups in total. The van der Waals surface area contributed by atoms with E-state index in [4.69, 9.17) is 4.98 Å². The number of amides is 1. The number of rotatable bonds is 4. The first kappa shape index (κ1) is 21.1. The number of carbonyl (C=O) groups is 1. The topological polar surface area (TPSA) is 75.9 Å². The number of fused-ring (bicyclic) bond motifs is 1. The van der Waals surface area contributed by atoms with Crippen LogP contribution < -0.4 is 5.32 Å². The number of anilines is 2. The maximum absolute atomic E-state index is 13.1. The van der Waals surface area contributed by atoms with Crippen molar-refractivity contribution in [2.75, 3.05) is 18.4 Å². The van der Waals surface area contributed by atoms with Gasteiger partial charge in [0.25, 0.3) is 5.91 Å². The molecule has 0 radical (unpaired) electrons. The third kappa shape index (κ3) is 4.18. The number of hydrogen-bond acceptors (Lipinski definition) is 5. The summed E-state index contributed by atoms with van der Waals surface area (Å²) in [5.74, 6) is 2.97. The molecular formula is C26H28N6O. The van der Waals surface area contributed by atoms with Gasteiger partial charge >= 0.3 is 0 Å². The standard InChI is InChI=1S/C26H28N6O/c1-17-6-5-13-27-25(17)30-24-8-4-7-21(29-24)19-11-14-32(15-12-19)26(33)20-9-10-23-22(16-20)28-18(2)31(23)3/h4-10,13,16,19H,11-12,14-15H2,1-3H3,(H,27,29,30). The first-order valence-electron chi connectivity index (χ1n) is 11.4. The maximum Gasteiger partial charge on any atom is 0.253 e. The monoisotopic (exact) mass is 440 g/mol. The molecule has 4 aromatic rings. The minimum absolute atomic E-state index is 0.0765. The molecule has 168 valence electrons. The van der Waals surface area contributed by atoms with Gasteiger partial charge in [-0.3, -0.25) is 4.79 Å². The fourth-order valence-corrected chi connectivity index (χ4v) is 4.50. The fraction of sp³-hybridized carbons (Fsp3) is 0.308. The highest BCUT2D eigenvalue weighted by Crippen LogP contribution is 2.29. The summed E-state index contributed by atoms with van der Waals surface area (Å²) in [4.78, 5) is 28.9. The lowest BCUT2D eigenvalue weighted by Crippen LogP contribution is -2.38. The SMILES string of the molecule is Cc1cccnc1Nc1cccc(C2CCN(C(=O)c3ccc4c(c3)nc(C)n4C)CC2)n1. The molecule has 1 saturated heterocycles. The number of likely N-dealkylation sites (tertiary alicyclic amines) is 1. The number of aromatic nitrogens is 4. The van der Waals surface area contributed by atoms with Gasteiger partial charge in [0.2, 0.25) is 0 Å². The highest BCUT2D eigenvalue weighted by molar-refractivity contribution is 5.97. The Morgan fingerprint density at radius 1 is 1.03 bits per heavy atom. The number of piperidine rings is 1. The van der Waals surface area contributed by atoms with Crippen LogP contribution in [0.25, 0.3) is 11.0 Å². The molecule has 4 heterocycles. The van der Waals surface area contributed by atoms with E-state index in [-0.39, 0.29) is 5.91 Å². The number of carbonyl (C=O) groups excluding carboxylic acids is 1. The fourth-order valence-electron chi connectivity index (χ4n) is 4.50. The average molecular weight is 441 g/mol. The van der Waals surface area contributed by atoms with Crippen LogP contribution in [0.4, 0.5) is 11.6 Å². The molecule has 1 fully saturated rings. The second-order valence-electron chi connectivity index (χ2n) is 8.73. The number of aryl methyl sites for hydroxylation is 3. The van der Waals surface area contributed by atoms with Crippen LogP contribution in [-0.4, -0.2) is 43.4 Å². The Morgan fingerprint density at radius 2 is 1.85 bits per heavy atom. The summed E-state index contributed by atoms with van der Waals surface area (Å²) in [6, 6.07) is 15.8. The zero-order valence-corrected chi connectivity index (χ0v) is 19.2. The molecule has 1 aliphatic rings. The average Bonchev–Trinajstić information content (AvgIpc) is 3.13. The van der Waals surface area contributed by atoms with Gasteiger partial charge in [0.1, 0.15) is 17.5 Å². The molecule has 33 heavy (non-hydrogen) atoms. The molecule has 3 aromatic heterocycles. The molecule has 0 saturated carbocycles. The maximum atomic E-state index is 13.1. The number of pyridine rings is 2. The highest BCUT2D eigenvalue weighted by atomic mass is 16.2. The molecule has 1 aliphatic heterocycles. The van der Waals surface area contributed by atoms with E-state index in [0.29, 0.717) is 11.5 Å². The van der Waals surface area contributed by atoms with E-state index >= 15 is 0 Å².